The third-order valence-corrected chi connectivity index (χ3v) is 3.56. The van der Waals surface area contributed by atoms with E-state index in [2.05, 4.69) is 0 Å². The minimum atomic E-state index is -0.355. The van der Waals surface area contributed by atoms with Crippen LogP contribution >= 0.6 is 23.2 Å². The van der Waals surface area contributed by atoms with Crippen LogP contribution in [-0.2, 0) is 9.53 Å². The molecule has 0 N–H and O–H groups in total. The molecule has 1 unspecified atom stereocenters. The Hall–Kier alpha value is -1.19. The third kappa shape index (κ3) is 2.72. The highest BCUT2D eigenvalue weighted by Crippen LogP contribution is 2.31. The molecule has 1 aromatic carbocycles. The summed E-state index contributed by atoms with van der Waals surface area (Å²) in [5.74, 6) is -0.237. The van der Waals surface area contributed by atoms with E-state index in [1.54, 1.807) is 13.0 Å². The van der Waals surface area contributed by atoms with Crippen molar-refractivity contribution in [3.8, 4) is 0 Å². The molecule has 0 aliphatic rings. The summed E-state index contributed by atoms with van der Waals surface area (Å²) in [4.78, 5) is 12.0. The number of nitrogens with zero attached hydrogens (tertiary/aromatic N) is 1. The first kappa shape index (κ1) is 14.2. The fourth-order valence-electron chi connectivity index (χ4n) is 2.17. The van der Waals surface area contributed by atoms with Crippen LogP contribution in [0, 0.1) is 0 Å². The molecular weight excluding hydrogens is 285 g/mol. The minimum Gasteiger partial charge on any atom is -0.464 e. The number of rotatable bonds is 4. The number of esters is 1. The quantitative estimate of drug-likeness (QED) is 0.780. The van der Waals surface area contributed by atoms with Gasteiger partial charge in [-0.1, -0.05) is 30.1 Å². The predicted molar refractivity (Wildman–Crippen MR) is 77.9 cm³/mol. The average Bonchev–Trinajstić information content (AvgIpc) is 2.75. The summed E-state index contributed by atoms with van der Waals surface area (Å²) in [6.07, 6.45) is 2.49. The Kier molecular flexibility index (Phi) is 4.38. The van der Waals surface area contributed by atoms with Gasteiger partial charge < -0.3 is 9.30 Å². The second kappa shape index (κ2) is 5.85. The molecule has 1 aromatic heterocycles. The Morgan fingerprint density at radius 1 is 1.37 bits per heavy atom. The molecule has 102 valence electrons. The van der Waals surface area contributed by atoms with Gasteiger partial charge in [0.15, 0.2) is 0 Å². The van der Waals surface area contributed by atoms with E-state index in [1.807, 2.05) is 29.8 Å². The van der Waals surface area contributed by atoms with Crippen LogP contribution < -0.4 is 0 Å². The highest BCUT2D eigenvalue weighted by Gasteiger charge is 2.21. The van der Waals surface area contributed by atoms with Crippen molar-refractivity contribution in [1.29, 1.82) is 0 Å². The van der Waals surface area contributed by atoms with Gasteiger partial charge in [-0.3, -0.25) is 0 Å². The first-order valence-corrected chi connectivity index (χ1v) is 6.96. The van der Waals surface area contributed by atoms with Gasteiger partial charge in [0.1, 0.15) is 6.04 Å². The van der Waals surface area contributed by atoms with Crippen LogP contribution in [0.5, 0.6) is 0 Å². The number of benzene rings is 1. The van der Waals surface area contributed by atoms with Crippen molar-refractivity contribution in [3.63, 3.8) is 0 Å². The Morgan fingerprint density at radius 3 is 2.74 bits per heavy atom. The van der Waals surface area contributed by atoms with Crippen LogP contribution in [0.2, 0.25) is 10.0 Å². The number of ether oxygens (including phenoxy) is 1. The zero-order chi connectivity index (χ0) is 14.0. The van der Waals surface area contributed by atoms with Crippen LogP contribution in [-0.4, -0.2) is 17.1 Å². The molecule has 2 rings (SSSR count). The van der Waals surface area contributed by atoms with E-state index in [9.17, 15) is 4.79 Å². The van der Waals surface area contributed by atoms with Gasteiger partial charge in [0, 0.05) is 16.6 Å². The molecule has 2 aromatic rings. The molecular formula is C14H15Cl2NO2. The fraction of sp³-hybridized carbons (Fsp3) is 0.357. The standard InChI is InChI=1S/C14H15Cl2NO2/c1-3-12(14(18)19-4-2)17-6-5-10-11(16)7-9(15)8-13(10)17/h5-8,12H,3-4H2,1-2H3. The van der Waals surface area contributed by atoms with Gasteiger partial charge in [-0.25, -0.2) is 4.79 Å². The summed E-state index contributed by atoms with van der Waals surface area (Å²) < 4.78 is 6.97. The van der Waals surface area contributed by atoms with E-state index in [0.717, 1.165) is 10.9 Å². The Morgan fingerprint density at radius 2 is 2.11 bits per heavy atom. The number of hydrogen-bond donors (Lipinski definition) is 0. The molecule has 0 saturated heterocycles. The molecule has 5 heteroatoms. The summed E-state index contributed by atoms with van der Waals surface area (Å²) in [6.45, 7) is 4.11. The van der Waals surface area contributed by atoms with E-state index in [-0.39, 0.29) is 12.0 Å². The van der Waals surface area contributed by atoms with Crippen molar-refractivity contribution in [3.05, 3.63) is 34.4 Å². The maximum absolute atomic E-state index is 12.0. The van der Waals surface area contributed by atoms with E-state index < -0.39 is 0 Å². The van der Waals surface area contributed by atoms with Crippen molar-refractivity contribution in [2.75, 3.05) is 6.61 Å². The molecule has 0 radical (unpaired) electrons. The zero-order valence-electron chi connectivity index (χ0n) is 10.8. The van der Waals surface area contributed by atoms with Crippen LogP contribution in [0.4, 0.5) is 0 Å². The van der Waals surface area contributed by atoms with E-state index in [4.69, 9.17) is 27.9 Å². The highest BCUT2D eigenvalue weighted by molar-refractivity contribution is 6.38. The molecule has 3 nitrogen and oxygen atoms in total. The Labute approximate surface area is 122 Å². The lowest BCUT2D eigenvalue weighted by atomic mass is 10.2. The van der Waals surface area contributed by atoms with Gasteiger partial charge in [0.25, 0.3) is 0 Å². The second-order valence-corrected chi connectivity index (χ2v) is 5.06. The summed E-state index contributed by atoms with van der Waals surface area (Å²) >= 11 is 12.2. The average molecular weight is 300 g/mol. The molecule has 0 fully saturated rings. The van der Waals surface area contributed by atoms with E-state index >= 15 is 0 Å². The maximum atomic E-state index is 12.0. The maximum Gasteiger partial charge on any atom is 0.329 e. The van der Waals surface area contributed by atoms with Gasteiger partial charge in [0.05, 0.1) is 17.1 Å². The molecule has 0 amide bonds. The number of carbonyl (C=O) groups excluding carboxylic acids is 1. The first-order chi connectivity index (χ1) is 9.08. The monoisotopic (exact) mass is 299 g/mol. The summed E-state index contributed by atoms with van der Waals surface area (Å²) in [7, 11) is 0. The van der Waals surface area contributed by atoms with Gasteiger partial charge >= 0.3 is 5.97 Å². The zero-order valence-corrected chi connectivity index (χ0v) is 12.3. The summed E-state index contributed by atoms with van der Waals surface area (Å²) in [6, 6.07) is 5.04. The Balaban J connectivity index is 2.52. The number of carbonyl (C=O) groups is 1. The molecule has 0 aliphatic carbocycles. The minimum absolute atomic E-state index is 0.237. The third-order valence-electron chi connectivity index (χ3n) is 3.03. The second-order valence-electron chi connectivity index (χ2n) is 4.22. The largest absolute Gasteiger partial charge is 0.464 e. The molecule has 0 saturated carbocycles. The van der Waals surface area contributed by atoms with Crippen molar-refractivity contribution in [1.82, 2.24) is 4.57 Å². The van der Waals surface area contributed by atoms with Crippen LogP contribution in [0.1, 0.15) is 26.3 Å². The van der Waals surface area contributed by atoms with Gasteiger partial charge in [-0.2, -0.15) is 0 Å². The SMILES string of the molecule is CCOC(=O)C(CC)n1ccc2c(Cl)cc(Cl)cc21. The van der Waals surface area contributed by atoms with Gasteiger partial charge in [0.2, 0.25) is 0 Å². The van der Waals surface area contributed by atoms with Crippen molar-refractivity contribution < 1.29 is 9.53 Å². The highest BCUT2D eigenvalue weighted by atomic mass is 35.5. The van der Waals surface area contributed by atoms with Gasteiger partial charge in [-0.15, -0.1) is 0 Å². The van der Waals surface area contributed by atoms with Crippen LogP contribution in [0.25, 0.3) is 10.9 Å². The fourth-order valence-corrected chi connectivity index (χ4v) is 2.72. The van der Waals surface area contributed by atoms with E-state index in [0.29, 0.717) is 23.1 Å². The summed E-state index contributed by atoms with van der Waals surface area (Å²) in [5.41, 5.74) is 0.845. The molecule has 19 heavy (non-hydrogen) atoms. The van der Waals surface area contributed by atoms with Crippen LogP contribution in [0.15, 0.2) is 24.4 Å². The Bertz CT molecular complexity index is 607. The van der Waals surface area contributed by atoms with Crippen molar-refractivity contribution >= 4 is 40.1 Å². The lowest BCUT2D eigenvalue weighted by Crippen LogP contribution is -2.20. The lowest BCUT2D eigenvalue weighted by Gasteiger charge is -2.17. The predicted octanol–water partition coefficient (Wildman–Crippen LogP) is 4.46. The number of fused-ring (bicyclic) bond motifs is 1. The number of hydrogen-bond acceptors (Lipinski definition) is 2. The topological polar surface area (TPSA) is 31.2 Å². The molecule has 0 spiro atoms. The van der Waals surface area contributed by atoms with Gasteiger partial charge in [-0.05, 0) is 31.5 Å². The summed E-state index contributed by atoms with van der Waals surface area (Å²) in [5, 5.41) is 2.02. The molecule has 1 atom stereocenters. The van der Waals surface area contributed by atoms with E-state index in [1.165, 1.54) is 0 Å². The molecule has 1 heterocycles. The van der Waals surface area contributed by atoms with Crippen LogP contribution in [0.3, 0.4) is 0 Å². The number of halogens is 2. The van der Waals surface area contributed by atoms with Crippen molar-refractivity contribution in [2.45, 2.75) is 26.3 Å². The lowest BCUT2D eigenvalue weighted by molar-refractivity contribution is -0.147. The molecule has 0 aliphatic heterocycles. The number of aromatic nitrogens is 1. The molecule has 0 bridgehead atoms. The smallest absolute Gasteiger partial charge is 0.329 e. The first-order valence-electron chi connectivity index (χ1n) is 6.20. The normalized spacial score (nSPS) is 12.6. The van der Waals surface area contributed by atoms with Crippen molar-refractivity contribution in [2.24, 2.45) is 0 Å².